The second-order valence-electron chi connectivity index (χ2n) is 13.5. The van der Waals surface area contributed by atoms with Gasteiger partial charge in [-0.25, -0.2) is 0 Å². The van der Waals surface area contributed by atoms with Gasteiger partial charge in [0.05, 0.1) is 11.3 Å². The first-order chi connectivity index (χ1) is 16.9. The number of allylic oxidation sites excluding steroid dienone is 2. The van der Waals surface area contributed by atoms with Gasteiger partial charge in [-0.3, -0.25) is 28.8 Å². The molecule has 4 aliphatic carbocycles. The number of carbonyl (C=O) groups is 6. The summed E-state index contributed by atoms with van der Waals surface area (Å²) in [5, 5.41) is 9.16. The van der Waals surface area contributed by atoms with Crippen LogP contribution in [0.5, 0.6) is 0 Å². The summed E-state index contributed by atoms with van der Waals surface area (Å²) in [7, 11) is 0. The van der Waals surface area contributed by atoms with Gasteiger partial charge >= 0.3 is 5.97 Å². The predicted octanol–water partition coefficient (Wildman–Crippen LogP) is 4.55. The molecule has 0 aromatic carbocycles. The van der Waals surface area contributed by atoms with Crippen LogP contribution in [0.1, 0.15) is 93.4 Å². The minimum atomic E-state index is -1.14. The van der Waals surface area contributed by atoms with Crippen LogP contribution in [0.3, 0.4) is 0 Å². The van der Waals surface area contributed by atoms with Gasteiger partial charge in [-0.1, -0.05) is 41.5 Å². The molecule has 2 saturated carbocycles. The van der Waals surface area contributed by atoms with Crippen molar-refractivity contribution >= 4 is 34.9 Å². The predicted molar refractivity (Wildman–Crippen MR) is 135 cm³/mol. The van der Waals surface area contributed by atoms with E-state index >= 15 is 0 Å². The summed E-state index contributed by atoms with van der Waals surface area (Å²) in [5.74, 6) is -3.06. The van der Waals surface area contributed by atoms with Crippen molar-refractivity contribution in [2.24, 2.45) is 45.3 Å². The molecule has 1 N–H and O–H groups in total. The van der Waals surface area contributed by atoms with E-state index in [1.54, 1.807) is 0 Å². The minimum Gasteiger partial charge on any atom is -0.481 e. The zero-order chi connectivity index (χ0) is 27.9. The lowest BCUT2D eigenvalue weighted by Crippen LogP contribution is -2.59. The van der Waals surface area contributed by atoms with Crippen molar-refractivity contribution in [2.45, 2.75) is 93.4 Å². The molecular formula is C30H40O7. The van der Waals surface area contributed by atoms with Crippen molar-refractivity contribution in [3.05, 3.63) is 11.1 Å². The van der Waals surface area contributed by atoms with Crippen LogP contribution in [-0.4, -0.2) is 40.0 Å². The molecule has 0 unspecified atom stereocenters. The number of aliphatic carboxylic acids is 1. The lowest BCUT2D eigenvalue weighted by molar-refractivity contribution is -0.147. The normalized spacial score (nSPS) is 38.6. The Morgan fingerprint density at radius 1 is 0.892 bits per heavy atom. The molecule has 0 heterocycles. The maximum Gasteiger partial charge on any atom is 0.306 e. The van der Waals surface area contributed by atoms with E-state index in [9.17, 15) is 28.8 Å². The van der Waals surface area contributed by atoms with Gasteiger partial charge in [0, 0.05) is 60.5 Å². The molecule has 0 radical (unpaired) electrons. The Morgan fingerprint density at radius 3 is 2.11 bits per heavy atom. The first kappa shape index (κ1) is 27.6. The summed E-state index contributed by atoms with van der Waals surface area (Å²) >= 11 is 0. The summed E-state index contributed by atoms with van der Waals surface area (Å²) in [4.78, 5) is 78.4. The zero-order valence-electron chi connectivity index (χ0n) is 23.2. The monoisotopic (exact) mass is 512 g/mol. The van der Waals surface area contributed by atoms with E-state index < -0.39 is 33.5 Å². The second-order valence-corrected chi connectivity index (χ2v) is 13.5. The molecule has 0 saturated heterocycles. The first-order valence-electron chi connectivity index (χ1n) is 13.6. The molecule has 2 fully saturated rings. The highest BCUT2D eigenvalue weighted by molar-refractivity contribution is 6.16. The highest BCUT2D eigenvalue weighted by Gasteiger charge is 2.70. The average Bonchev–Trinajstić information content (AvgIpc) is 2.99. The Hall–Kier alpha value is -2.44. The summed E-state index contributed by atoms with van der Waals surface area (Å²) in [6.07, 6.45) is 1.34. The number of carbonyl (C=O) groups excluding carboxylic acids is 5. The number of carboxylic acids is 1. The number of fused-ring (bicyclic) bond motifs is 4. The highest BCUT2D eigenvalue weighted by atomic mass is 16.4. The molecule has 37 heavy (non-hydrogen) atoms. The molecule has 7 nitrogen and oxygen atoms in total. The van der Waals surface area contributed by atoms with Crippen molar-refractivity contribution in [3.63, 3.8) is 0 Å². The Balaban J connectivity index is 1.76. The van der Waals surface area contributed by atoms with Crippen LogP contribution in [0.4, 0.5) is 0 Å². The van der Waals surface area contributed by atoms with Gasteiger partial charge in [-0.2, -0.15) is 0 Å². The van der Waals surface area contributed by atoms with Gasteiger partial charge in [-0.15, -0.1) is 0 Å². The maximum atomic E-state index is 14.0. The molecule has 0 aliphatic heterocycles. The summed E-state index contributed by atoms with van der Waals surface area (Å²) < 4.78 is 0. The van der Waals surface area contributed by atoms with Gasteiger partial charge in [0.25, 0.3) is 0 Å². The first-order valence-corrected chi connectivity index (χ1v) is 13.6. The van der Waals surface area contributed by atoms with Crippen molar-refractivity contribution in [1.82, 2.24) is 0 Å². The zero-order valence-corrected chi connectivity index (χ0v) is 23.2. The molecule has 202 valence electrons. The smallest absolute Gasteiger partial charge is 0.306 e. The van der Waals surface area contributed by atoms with E-state index in [0.717, 1.165) is 0 Å². The minimum absolute atomic E-state index is 0.0697. The van der Waals surface area contributed by atoms with Gasteiger partial charge in [-0.05, 0) is 36.5 Å². The van der Waals surface area contributed by atoms with Gasteiger partial charge in [0.2, 0.25) is 0 Å². The number of ketones is 5. The average molecular weight is 513 g/mol. The Bertz CT molecular complexity index is 1160. The fraction of sp³-hybridized carbons (Fsp3) is 0.733. The van der Waals surface area contributed by atoms with E-state index in [1.807, 2.05) is 41.5 Å². The van der Waals surface area contributed by atoms with Crippen molar-refractivity contribution in [3.8, 4) is 0 Å². The van der Waals surface area contributed by atoms with E-state index in [2.05, 4.69) is 0 Å². The van der Waals surface area contributed by atoms with Gasteiger partial charge < -0.3 is 5.11 Å². The number of hydrogen-bond acceptors (Lipinski definition) is 6. The van der Waals surface area contributed by atoms with Crippen molar-refractivity contribution in [2.75, 3.05) is 0 Å². The molecule has 7 heteroatoms. The topological polar surface area (TPSA) is 123 Å². The summed E-state index contributed by atoms with van der Waals surface area (Å²) in [6.45, 7) is 12.9. The Kier molecular flexibility index (Phi) is 6.37. The van der Waals surface area contributed by atoms with Crippen LogP contribution in [0, 0.1) is 45.3 Å². The molecule has 0 aromatic heterocycles. The maximum absolute atomic E-state index is 14.0. The van der Waals surface area contributed by atoms with Crippen LogP contribution in [-0.2, 0) is 28.8 Å². The standard InChI is InChI=1S/C30H40O7/c1-15(10-17(31)11-16(2)26(36)37)18-12-23(35)30(7)25-19(32)13-21-27(3,4)22(34)8-9-28(21,5)24(25)20(33)14-29(18,30)6/h15-16,18,21H,8-14H2,1-7H3,(H,36,37)/t15-,16+,18+,21-,28-,29+,30-/m0/s1. The van der Waals surface area contributed by atoms with E-state index in [-0.39, 0.29) is 78.8 Å². The highest BCUT2D eigenvalue weighted by Crippen LogP contribution is 2.69. The lowest BCUT2D eigenvalue weighted by Gasteiger charge is -2.58. The van der Waals surface area contributed by atoms with E-state index in [0.29, 0.717) is 24.0 Å². The number of carboxylic acid groups (broad SMARTS) is 1. The molecule has 4 rings (SSSR count). The number of Topliss-reactive ketones (excluding diaryl/α,β-unsaturated/α-hetero) is 5. The Labute approximate surface area is 218 Å². The van der Waals surface area contributed by atoms with E-state index in [4.69, 9.17) is 5.11 Å². The van der Waals surface area contributed by atoms with Crippen LogP contribution >= 0.6 is 0 Å². The van der Waals surface area contributed by atoms with Crippen LogP contribution < -0.4 is 0 Å². The van der Waals surface area contributed by atoms with Gasteiger partial charge in [0.1, 0.15) is 17.3 Å². The van der Waals surface area contributed by atoms with Crippen molar-refractivity contribution in [1.29, 1.82) is 0 Å². The largest absolute Gasteiger partial charge is 0.481 e. The van der Waals surface area contributed by atoms with Crippen molar-refractivity contribution < 1.29 is 33.9 Å². The van der Waals surface area contributed by atoms with Crippen LogP contribution in [0.2, 0.25) is 0 Å². The third-order valence-corrected chi connectivity index (χ3v) is 11.1. The molecule has 0 bridgehead atoms. The molecule has 0 amide bonds. The molecule has 0 spiro atoms. The van der Waals surface area contributed by atoms with Crippen LogP contribution in [0.25, 0.3) is 0 Å². The number of hydrogen-bond donors (Lipinski definition) is 1. The SMILES string of the molecule is C[C@H](CC(=O)C[C@H](C)[C@H]1CC(=O)[C@@]2(C)C3=C(C(=O)C[C@]12C)[C@@]1(C)CCC(=O)C(C)(C)[C@@H]1CC3=O)C(=O)O. The second kappa shape index (κ2) is 8.54. The molecule has 7 atom stereocenters. The Morgan fingerprint density at radius 2 is 1.51 bits per heavy atom. The number of rotatable bonds is 6. The fourth-order valence-electron chi connectivity index (χ4n) is 8.66. The van der Waals surface area contributed by atoms with Crippen LogP contribution in [0.15, 0.2) is 11.1 Å². The summed E-state index contributed by atoms with van der Waals surface area (Å²) in [6, 6.07) is 0. The third-order valence-electron chi connectivity index (χ3n) is 11.1. The van der Waals surface area contributed by atoms with E-state index in [1.165, 1.54) is 6.92 Å². The molecule has 4 aliphatic rings. The lowest BCUT2D eigenvalue weighted by atomic mass is 9.43. The summed E-state index contributed by atoms with van der Waals surface area (Å²) in [5.41, 5.74) is -2.49. The quantitative estimate of drug-likeness (QED) is 0.554. The molecular weight excluding hydrogens is 472 g/mol. The molecule has 0 aromatic rings. The fourth-order valence-corrected chi connectivity index (χ4v) is 8.66. The van der Waals surface area contributed by atoms with Gasteiger partial charge in [0.15, 0.2) is 11.6 Å². The third kappa shape index (κ3) is 3.66.